The van der Waals surface area contributed by atoms with Gasteiger partial charge >= 0.3 is 0 Å². The third-order valence-corrected chi connectivity index (χ3v) is 2.08. The summed E-state index contributed by atoms with van der Waals surface area (Å²) >= 11 is 0. The van der Waals surface area contributed by atoms with Gasteiger partial charge in [-0.2, -0.15) is 0 Å². The van der Waals surface area contributed by atoms with Gasteiger partial charge in [-0.05, 0) is 30.7 Å². The Hall–Kier alpha value is -1.64. The Balaban J connectivity index is 3.19. The predicted octanol–water partition coefficient (Wildman–Crippen LogP) is 2.56. The molecule has 0 saturated carbocycles. The van der Waals surface area contributed by atoms with Crippen LogP contribution in [0.25, 0.3) is 5.57 Å². The van der Waals surface area contributed by atoms with Crippen LogP contribution >= 0.6 is 0 Å². The second-order valence-electron chi connectivity index (χ2n) is 3.67. The van der Waals surface area contributed by atoms with E-state index in [1.807, 2.05) is 0 Å². The first-order valence-electron chi connectivity index (χ1n) is 4.60. The Morgan fingerprint density at radius 1 is 1.40 bits per heavy atom. The van der Waals surface area contributed by atoms with Gasteiger partial charge in [0.15, 0.2) is 0 Å². The van der Waals surface area contributed by atoms with Crippen LogP contribution in [-0.4, -0.2) is 24.9 Å². The topological polar surface area (TPSA) is 20.3 Å². The first-order valence-corrected chi connectivity index (χ1v) is 4.60. The monoisotopic (exact) mass is 207 g/mol. The van der Waals surface area contributed by atoms with Crippen LogP contribution in [0, 0.1) is 5.82 Å². The normalized spacial score (nSPS) is 9.87. The number of allylic oxidation sites excluding steroid dienone is 1. The van der Waals surface area contributed by atoms with Crippen LogP contribution in [0.1, 0.15) is 22.8 Å². The summed E-state index contributed by atoms with van der Waals surface area (Å²) in [6.07, 6.45) is 0. The van der Waals surface area contributed by atoms with Gasteiger partial charge in [-0.1, -0.05) is 6.58 Å². The standard InChI is InChI=1S/C12H14FNO/c1-8(2)10-7-9(5-6-11(10)13)12(15)14(3)4/h5-7H,1H2,2-4H3. The lowest BCUT2D eigenvalue weighted by Crippen LogP contribution is -2.21. The van der Waals surface area contributed by atoms with Crippen LogP contribution in [0.15, 0.2) is 24.8 Å². The number of rotatable bonds is 2. The maximum absolute atomic E-state index is 13.3. The quantitative estimate of drug-likeness (QED) is 0.729. The fourth-order valence-corrected chi connectivity index (χ4v) is 1.24. The second-order valence-corrected chi connectivity index (χ2v) is 3.67. The van der Waals surface area contributed by atoms with Gasteiger partial charge < -0.3 is 4.90 Å². The van der Waals surface area contributed by atoms with E-state index in [1.54, 1.807) is 21.0 Å². The van der Waals surface area contributed by atoms with Crippen LogP contribution in [0.2, 0.25) is 0 Å². The lowest BCUT2D eigenvalue weighted by atomic mass is 10.0. The third-order valence-electron chi connectivity index (χ3n) is 2.08. The molecule has 0 heterocycles. The second kappa shape index (κ2) is 4.26. The summed E-state index contributed by atoms with van der Waals surface area (Å²) in [5, 5.41) is 0. The highest BCUT2D eigenvalue weighted by molar-refractivity contribution is 5.94. The van der Waals surface area contributed by atoms with Gasteiger partial charge in [0.2, 0.25) is 0 Å². The minimum Gasteiger partial charge on any atom is -0.345 e. The highest BCUT2D eigenvalue weighted by atomic mass is 19.1. The van der Waals surface area contributed by atoms with Crippen molar-refractivity contribution in [1.29, 1.82) is 0 Å². The van der Waals surface area contributed by atoms with Crippen molar-refractivity contribution in [3.63, 3.8) is 0 Å². The van der Waals surface area contributed by atoms with Crippen LogP contribution in [0.4, 0.5) is 4.39 Å². The summed E-state index contributed by atoms with van der Waals surface area (Å²) < 4.78 is 13.3. The van der Waals surface area contributed by atoms with Crippen molar-refractivity contribution < 1.29 is 9.18 Å². The molecular formula is C12H14FNO. The van der Waals surface area contributed by atoms with Gasteiger partial charge in [0.05, 0.1) is 0 Å². The van der Waals surface area contributed by atoms with Gasteiger partial charge in [-0.25, -0.2) is 4.39 Å². The van der Waals surface area contributed by atoms with E-state index < -0.39 is 0 Å². The van der Waals surface area contributed by atoms with Crippen LogP contribution < -0.4 is 0 Å². The Bertz CT molecular complexity index is 410. The highest BCUT2D eigenvalue weighted by Gasteiger charge is 2.11. The number of halogens is 1. The molecule has 0 aliphatic carbocycles. The van der Waals surface area contributed by atoms with Crippen molar-refractivity contribution in [2.24, 2.45) is 0 Å². The molecule has 0 aliphatic rings. The van der Waals surface area contributed by atoms with Crippen molar-refractivity contribution in [3.05, 3.63) is 41.7 Å². The van der Waals surface area contributed by atoms with Gasteiger partial charge in [0.25, 0.3) is 5.91 Å². The minimum absolute atomic E-state index is 0.141. The SMILES string of the molecule is C=C(C)c1cc(C(=O)N(C)C)ccc1F. The average Bonchev–Trinajstić information content (AvgIpc) is 2.16. The summed E-state index contributed by atoms with van der Waals surface area (Å²) in [7, 11) is 3.32. The number of hydrogen-bond acceptors (Lipinski definition) is 1. The number of carbonyl (C=O) groups is 1. The maximum Gasteiger partial charge on any atom is 0.253 e. The number of benzene rings is 1. The molecular weight excluding hydrogens is 193 g/mol. The van der Waals surface area contributed by atoms with Gasteiger partial charge in [0, 0.05) is 25.2 Å². The number of nitrogens with zero attached hydrogens (tertiary/aromatic N) is 1. The molecule has 15 heavy (non-hydrogen) atoms. The van der Waals surface area contributed by atoms with E-state index >= 15 is 0 Å². The molecule has 0 aliphatic heterocycles. The van der Waals surface area contributed by atoms with Crippen LogP contribution in [0.3, 0.4) is 0 Å². The zero-order valence-electron chi connectivity index (χ0n) is 9.17. The third kappa shape index (κ3) is 2.43. The summed E-state index contributed by atoms with van der Waals surface area (Å²) in [6, 6.07) is 4.30. The molecule has 0 radical (unpaired) electrons. The number of hydrogen-bond donors (Lipinski definition) is 0. The Labute approximate surface area is 89.0 Å². The summed E-state index contributed by atoms with van der Waals surface area (Å²) in [5.41, 5.74) is 1.48. The van der Waals surface area contributed by atoms with Crippen LogP contribution in [-0.2, 0) is 0 Å². The van der Waals surface area contributed by atoms with Crippen molar-refractivity contribution in [2.45, 2.75) is 6.92 Å². The van der Waals surface area contributed by atoms with E-state index in [-0.39, 0.29) is 11.7 Å². The Kier molecular flexibility index (Phi) is 3.24. The van der Waals surface area contributed by atoms with E-state index in [4.69, 9.17) is 0 Å². The van der Waals surface area contributed by atoms with E-state index in [0.29, 0.717) is 16.7 Å². The van der Waals surface area contributed by atoms with E-state index in [0.717, 1.165) is 0 Å². The Morgan fingerprint density at radius 3 is 2.47 bits per heavy atom. The highest BCUT2D eigenvalue weighted by Crippen LogP contribution is 2.18. The van der Waals surface area contributed by atoms with E-state index in [9.17, 15) is 9.18 Å². The zero-order valence-corrected chi connectivity index (χ0v) is 9.17. The molecule has 1 rings (SSSR count). The van der Waals surface area contributed by atoms with Gasteiger partial charge in [0.1, 0.15) is 5.82 Å². The molecule has 0 unspecified atom stereocenters. The molecule has 0 bridgehead atoms. The van der Waals surface area contributed by atoms with Crippen LogP contribution in [0.5, 0.6) is 0 Å². The lowest BCUT2D eigenvalue weighted by Gasteiger charge is -2.11. The van der Waals surface area contributed by atoms with Gasteiger partial charge in [-0.15, -0.1) is 0 Å². The number of carbonyl (C=O) groups excluding carboxylic acids is 1. The fourth-order valence-electron chi connectivity index (χ4n) is 1.24. The first-order chi connectivity index (χ1) is 6.93. The molecule has 1 aromatic carbocycles. The van der Waals surface area contributed by atoms with Gasteiger partial charge in [-0.3, -0.25) is 4.79 Å². The molecule has 0 atom stereocenters. The lowest BCUT2D eigenvalue weighted by molar-refractivity contribution is 0.0827. The molecule has 1 amide bonds. The molecule has 0 spiro atoms. The largest absolute Gasteiger partial charge is 0.345 e. The fraction of sp³-hybridized carbons (Fsp3) is 0.250. The van der Waals surface area contributed by atoms with Crippen molar-refractivity contribution in [3.8, 4) is 0 Å². The molecule has 2 nitrogen and oxygen atoms in total. The molecule has 3 heteroatoms. The van der Waals surface area contributed by atoms with Crippen molar-refractivity contribution in [2.75, 3.05) is 14.1 Å². The molecule has 0 fully saturated rings. The molecule has 0 aromatic heterocycles. The summed E-state index contributed by atoms with van der Waals surface area (Å²) in [6.45, 7) is 5.38. The molecule has 1 aromatic rings. The average molecular weight is 207 g/mol. The minimum atomic E-state index is -0.349. The molecule has 80 valence electrons. The van der Waals surface area contributed by atoms with Crippen molar-refractivity contribution >= 4 is 11.5 Å². The van der Waals surface area contributed by atoms with E-state index in [2.05, 4.69) is 6.58 Å². The molecule has 0 saturated heterocycles. The number of amides is 1. The Morgan fingerprint density at radius 2 is 2.00 bits per heavy atom. The maximum atomic E-state index is 13.3. The van der Waals surface area contributed by atoms with E-state index in [1.165, 1.54) is 23.1 Å². The predicted molar refractivity (Wildman–Crippen MR) is 59.1 cm³/mol. The summed E-state index contributed by atoms with van der Waals surface area (Å²) in [4.78, 5) is 13.1. The van der Waals surface area contributed by atoms with Crippen molar-refractivity contribution in [1.82, 2.24) is 4.90 Å². The summed E-state index contributed by atoms with van der Waals surface area (Å²) in [5.74, 6) is -0.490. The molecule has 0 N–H and O–H groups in total. The zero-order chi connectivity index (χ0) is 11.6. The first kappa shape index (κ1) is 11.4. The smallest absolute Gasteiger partial charge is 0.253 e.